The zero-order valence-electron chi connectivity index (χ0n) is 28.8. The van der Waals surface area contributed by atoms with Gasteiger partial charge in [-0.15, -0.1) is 59.7 Å². The first-order valence-electron chi connectivity index (χ1n) is 16.3. The molecule has 0 atom stereocenters. The number of fused-ring (bicyclic) bond motifs is 3. The molecule has 1 radical (unpaired) electrons. The number of furan rings is 1. The molecule has 4 aromatic carbocycles. The van der Waals surface area contributed by atoms with Crippen LogP contribution in [0.1, 0.15) is 31.9 Å². The fourth-order valence-corrected chi connectivity index (χ4v) is 7.53. The molecule has 0 saturated carbocycles. The minimum absolute atomic E-state index is 0. The van der Waals surface area contributed by atoms with Gasteiger partial charge in [0, 0.05) is 37.9 Å². The van der Waals surface area contributed by atoms with Crippen LogP contribution in [0.3, 0.4) is 0 Å². The van der Waals surface area contributed by atoms with Crippen molar-refractivity contribution < 1.29 is 24.5 Å². The molecule has 3 heterocycles. The number of hydrogen-bond donors (Lipinski definition) is 0. The molecule has 0 aliphatic rings. The molecule has 245 valence electrons. The quantitative estimate of drug-likeness (QED) is 0.128. The van der Waals surface area contributed by atoms with Gasteiger partial charge in [-0.3, -0.25) is 0 Å². The number of hydrogen-bond acceptors (Lipinski definition) is 3. The maximum Gasteiger partial charge on any atom is 0.121 e. The molecule has 48 heavy (non-hydrogen) atoms. The molecular formula is C43H42IrN2OSi-2. The van der Waals surface area contributed by atoms with E-state index in [1.165, 1.54) is 21.9 Å². The van der Waals surface area contributed by atoms with E-state index in [1.807, 2.05) is 54.7 Å². The summed E-state index contributed by atoms with van der Waals surface area (Å²) in [6, 6.07) is 41.8. The van der Waals surface area contributed by atoms with Crippen molar-refractivity contribution in [2.45, 2.75) is 53.8 Å². The molecule has 7 aromatic rings. The Labute approximate surface area is 299 Å². The topological polar surface area (TPSA) is 38.9 Å². The molecule has 3 nitrogen and oxygen atoms in total. The second-order valence-corrected chi connectivity index (χ2v) is 19.6. The monoisotopic (exact) mass is 823 g/mol. The molecule has 0 bridgehead atoms. The average molecular weight is 823 g/mol. The summed E-state index contributed by atoms with van der Waals surface area (Å²) in [6.45, 7) is 16.2. The Morgan fingerprint density at radius 3 is 2.15 bits per heavy atom. The Kier molecular flexibility index (Phi) is 10.6. The van der Waals surface area contributed by atoms with Crippen molar-refractivity contribution in [3.8, 4) is 33.6 Å². The van der Waals surface area contributed by atoms with Crippen molar-refractivity contribution in [2.75, 3.05) is 0 Å². The molecular weight excluding hydrogens is 781 g/mol. The fourth-order valence-electron chi connectivity index (χ4n) is 5.95. The zero-order valence-corrected chi connectivity index (χ0v) is 32.2. The molecule has 0 aliphatic heterocycles. The maximum atomic E-state index is 6.08. The van der Waals surface area contributed by atoms with Gasteiger partial charge < -0.3 is 14.4 Å². The van der Waals surface area contributed by atoms with Crippen molar-refractivity contribution >= 4 is 35.2 Å². The Hall–Kier alpha value is -4.15. The van der Waals surface area contributed by atoms with Crippen LogP contribution in [-0.2, 0) is 26.5 Å². The predicted octanol–water partition coefficient (Wildman–Crippen LogP) is 11.1. The van der Waals surface area contributed by atoms with Crippen LogP contribution in [-0.4, -0.2) is 18.0 Å². The number of pyridine rings is 2. The van der Waals surface area contributed by atoms with Crippen LogP contribution in [0.25, 0.3) is 55.6 Å². The average Bonchev–Trinajstić information content (AvgIpc) is 3.42. The van der Waals surface area contributed by atoms with Gasteiger partial charge in [0.1, 0.15) is 5.58 Å². The normalized spacial score (nSPS) is 11.6. The van der Waals surface area contributed by atoms with Crippen LogP contribution in [0.15, 0.2) is 120 Å². The Morgan fingerprint density at radius 2 is 1.46 bits per heavy atom. The first-order chi connectivity index (χ1) is 22.4. The van der Waals surface area contributed by atoms with E-state index in [4.69, 9.17) is 9.40 Å². The van der Waals surface area contributed by atoms with Crippen LogP contribution in [0.4, 0.5) is 0 Å². The SMILES string of the molecule is CC(C)(C)Cc1cc(-c2[c-]cccc2)ncc1[Si](C)(C)C.Cc1ccnc(-c2[c-]cc3oc4cc(-c5ccccc5)ccc4c3c2)c1.[Ir]. The molecule has 5 heteroatoms. The zero-order chi connectivity index (χ0) is 33.2. The molecule has 7 rings (SSSR count). The summed E-state index contributed by atoms with van der Waals surface area (Å²) in [5.74, 6) is 0. The number of nitrogens with zero attached hydrogens (tertiary/aromatic N) is 2. The number of rotatable bonds is 5. The van der Waals surface area contributed by atoms with E-state index in [0.717, 1.165) is 56.4 Å². The van der Waals surface area contributed by atoms with Crippen molar-refractivity contribution in [3.63, 3.8) is 0 Å². The molecule has 0 unspecified atom stereocenters. The van der Waals surface area contributed by atoms with Crippen molar-refractivity contribution in [2.24, 2.45) is 5.41 Å². The van der Waals surface area contributed by atoms with Gasteiger partial charge in [0.25, 0.3) is 0 Å². The molecule has 3 aromatic heterocycles. The Bertz CT molecular complexity index is 2140. The third kappa shape index (κ3) is 8.28. The van der Waals surface area contributed by atoms with Gasteiger partial charge in [-0.25, -0.2) is 0 Å². The largest absolute Gasteiger partial charge is 0.500 e. The standard InChI is InChI=1S/C24H16NO.C19H26NSi.Ir/c1-16-11-12-25-22(13-16)19-8-10-23-21(14-19)20-9-7-18(15-24(20)26-23)17-5-3-2-4-6-17;1-19(2,3)13-16-12-17(15-10-8-7-9-11-15)20-14-18(16)21(4,5)6;/h2-7,9-15H,1H3;7-10,12,14H,13H2,1-6H3;/q2*-1;. The second kappa shape index (κ2) is 14.5. The van der Waals surface area contributed by atoms with Gasteiger partial charge in [-0.2, -0.15) is 0 Å². The summed E-state index contributed by atoms with van der Waals surface area (Å²) in [4.78, 5) is 9.18. The Morgan fingerprint density at radius 1 is 0.708 bits per heavy atom. The van der Waals surface area contributed by atoms with E-state index >= 15 is 0 Å². The van der Waals surface area contributed by atoms with Crippen molar-refractivity contribution in [1.82, 2.24) is 9.97 Å². The minimum Gasteiger partial charge on any atom is -0.500 e. The van der Waals surface area contributed by atoms with E-state index in [9.17, 15) is 0 Å². The van der Waals surface area contributed by atoms with E-state index in [2.05, 4.69) is 125 Å². The minimum atomic E-state index is -1.37. The van der Waals surface area contributed by atoms with Crippen LogP contribution in [0, 0.1) is 24.5 Å². The van der Waals surface area contributed by atoms with Crippen molar-refractivity contribution in [1.29, 1.82) is 0 Å². The van der Waals surface area contributed by atoms with Crippen LogP contribution in [0.5, 0.6) is 0 Å². The molecule has 0 amide bonds. The van der Waals surface area contributed by atoms with E-state index < -0.39 is 8.07 Å². The smallest absolute Gasteiger partial charge is 0.121 e. The number of aryl methyl sites for hydroxylation is 1. The predicted molar refractivity (Wildman–Crippen MR) is 201 cm³/mol. The van der Waals surface area contributed by atoms with Gasteiger partial charge in [-0.05, 0) is 58.6 Å². The van der Waals surface area contributed by atoms with Crippen LogP contribution >= 0.6 is 0 Å². The van der Waals surface area contributed by atoms with Gasteiger partial charge in [0.15, 0.2) is 0 Å². The summed E-state index contributed by atoms with van der Waals surface area (Å²) >= 11 is 0. The van der Waals surface area contributed by atoms with E-state index in [0.29, 0.717) is 0 Å². The summed E-state index contributed by atoms with van der Waals surface area (Å²) < 4.78 is 6.08. The van der Waals surface area contributed by atoms with Crippen LogP contribution < -0.4 is 5.19 Å². The first kappa shape index (κ1) is 35.2. The van der Waals surface area contributed by atoms with Gasteiger partial charge in [-0.1, -0.05) is 112 Å². The molecule has 0 fully saturated rings. The summed E-state index contributed by atoms with van der Waals surface area (Å²) in [5.41, 5.74) is 11.0. The van der Waals surface area contributed by atoms with Crippen LogP contribution in [0.2, 0.25) is 19.6 Å². The van der Waals surface area contributed by atoms with Gasteiger partial charge in [0.2, 0.25) is 0 Å². The fraction of sp³-hybridized carbons (Fsp3) is 0.209. The van der Waals surface area contributed by atoms with Gasteiger partial charge >= 0.3 is 0 Å². The van der Waals surface area contributed by atoms with E-state index in [1.54, 1.807) is 0 Å². The number of aromatic nitrogens is 2. The van der Waals surface area contributed by atoms with Gasteiger partial charge in [0.05, 0.1) is 13.7 Å². The van der Waals surface area contributed by atoms with E-state index in [-0.39, 0.29) is 25.5 Å². The summed E-state index contributed by atoms with van der Waals surface area (Å²) in [7, 11) is -1.37. The summed E-state index contributed by atoms with van der Waals surface area (Å²) in [5, 5.41) is 3.69. The molecule has 0 aliphatic carbocycles. The molecule has 0 spiro atoms. The Balaban J connectivity index is 0.000000189. The summed E-state index contributed by atoms with van der Waals surface area (Å²) in [6.07, 6.45) is 5.04. The maximum absolute atomic E-state index is 6.08. The number of benzene rings is 4. The molecule has 0 N–H and O–H groups in total. The second-order valence-electron chi connectivity index (χ2n) is 14.5. The molecule has 0 saturated heterocycles. The van der Waals surface area contributed by atoms with Crippen molar-refractivity contribution in [3.05, 3.63) is 139 Å². The third-order valence-electron chi connectivity index (χ3n) is 8.21. The third-order valence-corrected chi connectivity index (χ3v) is 10.3. The first-order valence-corrected chi connectivity index (χ1v) is 19.8.